The number of rotatable bonds is 4. The molecule has 0 saturated carbocycles. The molecule has 1 atom stereocenters. The van der Waals surface area contributed by atoms with Crippen molar-refractivity contribution in [2.75, 3.05) is 0 Å². The Morgan fingerprint density at radius 2 is 1.32 bits per heavy atom. The summed E-state index contributed by atoms with van der Waals surface area (Å²) >= 11 is 0. The van der Waals surface area contributed by atoms with E-state index in [0.717, 1.165) is 4.68 Å². The highest BCUT2D eigenvalue weighted by Gasteiger charge is 2.38. The number of aromatic nitrogens is 2. The fourth-order valence-electron chi connectivity index (χ4n) is 2.84. The van der Waals surface area contributed by atoms with E-state index in [4.69, 9.17) is 18.9 Å². The number of esters is 1. The number of alkyl carbamates (subject to hydrolysis) is 1. The molecule has 0 aliphatic heterocycles. The van der Waals surface area contributed by atoms with Gasteiger partial charge in [-0.1, -0.05) is 0 Å². The summed E-state index contributed by atoms with van der Waals surface area (Å²) < 4.78 is 22.3. The Hall–Kier alpha value is -3.97. The molecule has 0 aromatic carbocycles. The number of carbonyl (C=O) groups is 5. The van der Waals surface area contributed by atoms with E-state index in [-0.39, 0.29) is 0 Å². The van der Waals surface area contributed by atoms with E-state index >= 15 is 0 Å². The van der Waals surface area contributed by atoms with Gasteiger partial charge in [-0.2, -0.15) is 10.00 Å². The molecule has 0 radical (unpaired) electrons. The largest absolute Gasteiger partial charge is 0.458 e. The Morgan fingerprint density at radius 1 is 0.805 bits per heavy atom. The van der Waals surface area contributed by atoms with E-state index in [1.54, 1.807) is 83.1 Å². The molecule has 0 unspecified atom stereocenters. The summed E-state index contributed by atoms with van der Waals surface area (Å²) in [6.07, 6.45) is -1.49. The smallest absolute Gasteiger partial charge is 0.437 e. The predicted octanol–water partition coefficient (Wildman–Crippen LogP) is 4.41. The third kappa shape index (κ3) is 13.8. The predicted molar refractivity (Wildman–Crippen MR) is 148 cm³/mol. The topological polar surface area (TPSA) is 168 Å². The zero-order valence-electron chi connectivity index (χ0n) is 26.0. The summed E-state index contributed by atoms with van der Waals surface area (Å²) in [7, 11) is 0. The van der Waals surface area contributed by atoms with Crippen LogP contribution in [0.25, 0.3) is 0 Å². The molecular formula is C27H43N5O9. The molecule has 14 heteroatoms. The van der Waals surface area contributed by atoms with Crippen molar-refractivity contribution in [2.45, 2.75) is 118 Å². The van der Waals surface area contributed by atoms with Gasteiger partial charge in [-0.05, 0) is 89.2 Å². The van der Waals surface area contributed by atoms with Gasteiger partial charge in [0.1, 0.15) is 28.4 Å². The number of ether oxygens (including phenoxy) is 4. The average Bonchev–Trinajstić information content (AvgIpc) is 3.22. The van der Waals surface area contributed by atoms with Gasteiger partial charge in [-0.15, -0.1) is 4.99 Å². The van der Waals surface area contributed by atoms with Crippen molar-refractivity contribution in [1.82, 2.24) is 20.0 Å². The average molecular weight is 582 g/mol. The van der Waals surface area contributed by atoms with Crippen molar-refractivity contribution < 1.29 is 42.9 Å². The summed E-state index contributed by atoms with van der Waals surface area (Å²) in [4.78, 5) is 69.7. The van der Waals surface area contributed by atoms with Crippen LogP contribution >= 0.6 is 0 Å². The molecule has 41 heavy (non-hydrogen) atoms. The number of imide groups is 1. The number of hydrogen-bond donors (Lipinski definition) is 1. The third-order valence-electron chi connectivity index (χ3n) is 4.08. The number of aliphatic imine (C=N–C) groups is 1. The van der Waals surface area contributed by atoms with Crippen molar-refractivity contribution in [3.05, 3.63) is 18.5 Å². The minimum absolute atomic E-state index is 0.441. The summed E-state index contributed by atoms with van der Waals surface area (Å²) in [5.74, 6) is -2.63. The lowest BCUT2D eigenvalue weighted by atomic mass is 10.1. The van der Waals surface area contributed by atoms with Crippen LogP contribution in [0.2, 0.25) is 0 Å². The first-order valence-electron chi connectivity index (χ1n) is 13.0. The van der Waals surface area contributed by atoms with E-state index in [1.165, 1.54) is 18.5 Å². The SMILES string of the molecule is CC(C)(C)OC(=O)N=C(N(C(=O)C[C@H](NC(=O)OC(C)(C)C)C(=O)OC(C)(C)C)C(=O)OC(C)(C)C)n1cccn1. The normalized spacial score (nSPS) is 13.5. The van der Waals surface area contributed by atoms with Crippen LogP contribution in [0.15, 0.2) is 23.5 Å². The lowest BCUT2D eigenvalue weighted by Crippen LogP contribution is -2.52. The first-order chi connectivity index (χ1) is 18.4. The van der Waals surface area contributed by atoms with Crippen LogP contribution < -0.4 is 5.32 Å². The van der Waals surface area contributed by atoms with E-state index in [9.17, 15) is 24.0 Å². The highest BCUT2D eigenvalue weighted by molar-refractivity contribution is 6.13. The highest BCUT2D eigenvalue weighted by Crippen LogP contribution is 2.17. The van der Waals surface area contributed by atoms with Crippen molar-refractivity contribution in [1.29, 1.82) is 0 Å². The molecule has 0 bridgehead atoms. The van der Waals surface area contributed by atoms with Crippen LogP contribution in [-0.4, -0.2) is 79.2 Å². The second-order valence-corrected chi connectivity index (χ2v) is 13.0. The number of hydrogen-bond acceptors (Lipinski definition) is 10. The van der Waals surface area contributed by atoms with Crippen LogP contribution in [0.1, 0.15) is 89.5 Å². The molecule has 230 valence electrons. The maximum absolute atomic E-state index is 13.8. The summed E-state index contributed by atoms with van der Waals surface area (Å²) in [6.45, 7) is 19.2. The maximum Gasteiger partial charge on any atom is 0.437 e. The lowest BCUT2D eigenvalue weighted by Gasteiger charge is -2.29. The van der Waals surface area contributed by atoms with E-state index in [0.29, 0.717) is 4.90 Å². The van der Waals surface area contributed by atoms with Gasteiger partial charge in [-0.3, -0.25) is 4.79 Å². The molecular weight excluding hydrogens is 538 g/mol. The Labute approximate surface area is 240 Å². The molecule has 1 N–H and O–H groups in total. The van der Waals surface area contributed by atoms with Crippen LogP contribution in [0.3, 0.4) is 0 Å². The first kappa shape index (κ1) is 35.1. The van der Waals surface area contributed by atoms with E-state index < -0.39 is 71.0 Å². The zero-order chi connectivity index (χ0) is 32.0. The third-order valence-corrected chi connectivity index (χ3v) is 4.08. The number of carbonyl (C=O) groups excluding carboxylic acids is 5. The van der Waals surface area contributed by atoms with Gasteiger partial charge in [0.25, 0.3) is 0 Å². The highest BCUT2D eigenvalue weighted by atomic mass is 16.6. The first-order valence-corrected chi connectivity index (χ1v) is 13.0. The molecule has 0 spiro atoms. The van der Waals surface area contributed by atoms with Crippen molar-refractivity contribution in [2.24, 2.45) is 4.99 Å². The van der Waals surface area contributed by atoms with Gasteiger partial charge in [0.15, 0.2) is 0 Å². The lowest BCUT2D eigenvalue weighted by molar-refractivity contribution is -0.159. The standard InChI is InChI=1S/C27H43N5O9/c1-24(2,3)38-19(34)17(29-21(35)39-25(4,5)6)16-18(33)32(23(37)41-27(10,11)12)20(31-15-13-14-28-31)30-22(36)40-26(7,8)9/h13-15,17H,16H2,1-12H3,(H,29,35)/t17-/m0/s1. The van der Waals surface area contributed by atoms with Gasteiger partial charge in [-0.25, -0.2) is 23.9 Å². The van der Waals surface area contributed by atoms with Gasteiger partial charge in [0.2, 0.25) is 11.9 Å². The van der Waals surface area contributed by atoms with Gasteiger partial charge >= 0.3 is 24.2 Å². The number of nitrogens with one attached hydrogen (secondary N) is 1. The molecule has 14 nitrogen and oxygen atoms in total. The molecule has 0 fully saturated rings. The second-order valence-electron chi connectivity index (χ2n) is 13.0. The minimum Gasteiger partial charge on any atom is -0.458 e. The summed E-state index contributed by atoms with van der Waals surface area (Å²) in [6, 6.07) is -0.127. The van der Waals surface area contributed by atoms with Gasteiger partial charge < -0.3 is 24.3 Å². The molecule has 1 heterocycles. The maximum atomic E-state index is 13.8. The number of nitrogens with zero attached hydrogens (tertiary/aromatic N) is 4. The molecule has 1 aromatic rings. The van der Waals surface area contributed by atoms with Crippen LogP contribution in [0, 0.1) is 0 Å². The summed E-state index contributed by atoms with van der Waals surface area (Å²) in [5.41, 5.74) is -3.91. The fraction of sp³-hybridized carbons (Fsp3) is 0.667. The van der Waals surface area contributed by atoms with Crippen LogP contribution in [-0.2, 0) is 28.5 Å². The van der Waals surface area contributed by atoms with Crippen molar-refractivity contribution in [3.63, 3.8) is 0 Å². The molecule has 1 rings (SSSR count). The van der Waals surface area contributed by atoms with Crippen LogP contribution in [0.4, 0.5) is 14.4 Å². The molecule has 1 aromatic heterocycles. The zero-order valence-corrected chi connectivity index (χ0v) is 26.0. The monoisotopic (exact) mass is 581 g/mol. The Kier molecular flexibility index (Phi) is 11.2. The van der Waals surface area contributed by atoms with E-state index in [1.807, 2.05) is 0 Å². The fourth-order valence-corrected chi connectivity index (χ4v) is 2.84. The quantitative estimate of drug-likeness (QED) is 0.233. The van der Waals surface area contributed by atoms with Crippen LogP contribution in [0.5, 0.6) is 0 Å². The molecule has 0 aliphatic carbocycles. The van der Waals surface area contributed by atoms with Crippen molar-refractivity contribution in [3.8, 4) is 0 Å². The second kappa shape index (κ2) is 13.1. The molecule has 0 saturated heterocycles. The number of amides is 4. The minimum atomic E-state index is -1.60. The van der Waals surface area contributed by atoms with Gasteiger partial charge in [0.05, 0.1) is 6.42 Å². The Balaban J connectivity index is 3.63. The van der Waals surface area contributed by atoms with Gasteiger partial charge in [0, 0.05) is 12.4 Å². The Bertz CT molecular complexity index is 1130. The molecule has 0 aliphatic rings. The summed E-state index contributed by atoms with van der Waals surface area (Å²) in [5, 5.41) is 6.32. The molecule has 4 amide bonds. The Morgan fingerprint density at radius 3 is 1.76 bits per heavy atom. The van der Waals surface area contributed by atoms with E-state index in [2.05, 4.69) is 15.4 Å². The van der Waals surface area contributed by atoms with Crippen molar-refractivity contribution >= 4 is 36.1 Å².